The van der Waals surface area contributed by atoms with Crippen LogP contribution in [0.15, 0.2) is 22.7 Å². The molecular formula is C14H15BrN2O3. The lowest BCUT2D eigenvalue weighted by molar-refractivity contribution is -0.138. The first-order valence-electron chi connectivity index (χ1n) is 6.36. The van der Waals surface area contributed by atoms with Crippen molar-refractivity contribution >= 4 is 39.3 Å². The zero-order chi connectivity index (χ0) is 14.7. The van der Waals surface area contributed by atoms with Gasteiger partial charge in [-0.2, -0.15) is 0 Å². The van der Waals surface area contributed by atoms with Crippen molar-refractivity contribution in [2.24, 2.45) is 0 Å². The monoisotopic (exact) mass is 338 g/mol. The average molecular weight is 339 g/mol. The van der Waals surface area contributed by atoms with E-state index in [4.69, 9.17) is 0 Å². The Morgan fingerprint density at radius 3 is 2.60 bits per heavy atom. The Morgan fingerprint density at radius 2 is 1.95 bits per heavy atom. The predicted octanol–water partition coefficient (Wildman–Crippen LogP) is 2.24. The lowest BCUT2D eigenvalue weighted by Crippen LogP contribution is -2.32. The van der Waals surface area contributed by atoms with Gasteiger partial charge in [-0.05, 0) is 24.6 Å². The highest BCUT2D eigenvalue weighted by Gasteiger charge is 2.28. The fraction of sp³-hybridized carbons (Fsp3) is 0.357. The molecule has 0 saturated carbocycles. The molecule has 0 atom stereocenters. The minimum Gasteiger partial charge on any atom is -0.326 e. The van der Waals surface area contributed by atoms with Crippen LogP contribution in [0.2, 0.25) is 0 Å². The maximum absolute atomic E-state index is 11.9. The number of aryl methyl sites for hydroxylation is 1. The van der Waals surface area contributed by atoms with Crippen LogP contribution in [0.25, 0.3) is 0 Å². The molecule has 0 radical (unpaired) electrons. The van der Waals surface area contributed by atoms with E-state index < -0.39 is 0 Å². The van der Waals surface area contributed by atoms with Gasteiger partial charge in [0.05, 0.1) is 0 Å². The van der Waals surface area contributed by atoms with Crippen LogP contribution < -0.4 is 5.32 Å². The summed E-state index contributed by atoms with van der Waals surface area (Å²) in [5.74, 6) is -0.596. The Kier molecular flexibility index (Phi) is 4.54. The molecule has 0 aliphatic carbocycles. The van der Waals surface area contributed by atoms with Gasteiger partial charge in [-0.15, -0.1) is 0 Å². The summed E-state index contributed by atoms with van der Waals surface area (Å²) < 4.78 is 0.878. The number of carbonyl (C=O) groups excluding carboxylic acids is 3. The number of nitrogens with zero attached hydrogens (tertiary/aromatic N) is 1. The Labute approximate surface area is 125 Å². The number of likely N-dealkylation sites (tertiary alicyclic amines) is 1. The molecular weight excluding hydrogens is 324 g/mol. The molecule has 0 unspecified atom stereocenters. The number of hydrogen-bond acceptors (Lipinski definition) is 3. The maximum atomic E-state index is 11.9. The number of imide groups is 1. The third kappa shape index (κ3) is 3.45. The molecule has 1 aromatic rings. The van der Waals surface area contributed by atoms with Gasteiger partial charge in [-0.1, -0.05) is 22.0 Å². The SMILES string of the molecule is Cc1ccc(Br)cc1NC(=O)CCN1C(=O)CCC1=O. The summed E-state index contributed by atoms with van der Waals surface area (Å²) in [6.45, 7) is 2.05. The van der Waals surface area contributed by atoms with Gasteiger partial charge in [0, 0.05) is 36.0 Å². The van der Waals surface area contributed by atoms with E-state index in [1.807, 2.05) is 25.1 Å². The van der Waals surface area contributed by atoms with Crippen molar-refractivity contribution in [2.75, 3.05) is 11.9 Å². The minimum atomic E-state index is -0.210. The quantitative estimate of drug-likeness (QED) is 0.856. The highest BCUT2D eigenvalue weighted by Crippen LogP contribution is 2.21. The van der Waals surface area contributed by atoms with Crippen LogP contribution in [-0.2, 0) is 14.4 Å². The first kappa shape index (κ1) is 14.7. The van der Waals surface area contributed by atoms with Crippen LogP contribution in [0.3, 0.4) is 0 Å². The van der Waals surface area contributed by atoms with Gasteiger partial charge in [0.2, 0.25) is 17.7 Å². The summed E-state index contributed by atoms with van der Waals surface area (Å²) in [6, 6.07) is 5.61. The molecule has 6 heteroatoms. The predicted molar refractivity (Wildman–Crippen MR) is 78.1 cm³/mol. The number of anilines is 1. The zero-order valence-corrected chi connectivity index (χ0v) is 12.7. The van der Waals surface area contributed by atoms with E-state index in [0.29, 0.717) is 0 Å². The lowest BCUT2D eigenvalue weighted by Gasteiger charge is -2.14. The molecule has 1 aromatic carbocycles. The smallest absolute Gasteiger partial charge is 0.229 e. The van der Waals surface area contributed by atoms with Gasteiger partial charge >= 0.3 is 0 Å². The van der Waals surface area contributed by atoms with Gasteiger partial charge in [-0.25, -0.2) is 0 Å². The molecule has 106 valence electrons. The summed E-state index contributed by atoms with van der Waals surface area (Å²) in [5, 5.41) is 2.79. The molecule has 1 N–H and O–H groups in total. The van der Waals surface area contributed by atoms with E-state index in [2.05, 4.69) is 21.2 Å². The van der Waals surface area contributed by atoms with Gasteiger partial charge < -0.3 is 5.32 Å². The van der Waals surface area contributed by atoms with Crippen molar-refractivity contribution in [1.29, 1.82) is 0 Å². The number of amides is 3. The molecule has 1 aliphatic heterocycles. The van der Waals surface area contributed by atoms with Crippen LogP contribution in [0.1, 0.15) is 24.8 Å². The molecule has 1 saturated heterocycles. The van der Waals surface area contributed by atoms with E-state index in [-0.39, 0.29) is 43.5 Å². The molecule has 20 heavy (non-hydrogen) atoms. The largest absolute Gasteiger partial charge is 0.326 e. The van der Waals surface area contributed by atoms with Crippen molar-refractivity contribution in [3.05, 3.63) is 28.2 Å². The molecule has 1 heterocycles. The standard InChI is InChI=1S/C14H15BrN2O3/c1-9-2-3-10(15)8-11(9)16-12(18)6-7-17-13(19)4-5-14(17)20/h2-3,8H,4-7H2,1H3,(H,16,18). The number of benzene rings is 1. The fourth-order valence-corrected chi connectivity index (χ4v) is 2.39. The molecule has 1 fully saturated rings. The van der Waals surface area contributed by atoms with E-state index in [1.54, 1.807) is 0 Å². The average Bonchev–Trinajstić information content (AvgIpc) is 2.71. The second kappa shape index (κ2) is 6.17. The van der Waals surface area contributed by atoms with Crippen molar-refractivity contribution < 1.29 is 14.4 Å². The fourth-order valence-electron chi connectivity index (χ4n) is 2.03. The molecule has 0 spiro atoms. The highest BCUT2D eigenvalue weighted by atomic mass is 79.9. The Morgan fingerprint density at radius 1 is 1.30 bits per heavy atom. The molecule has 0 aromatic heterocycles. The Balaban J connectivity index is 1.91. The van der Waals surface area contributed by atoms with E-state index in [9.17, 15) is 14.4 Å². The van der Waals surface area contributed by atoms with Crippen molar-refractivity contribution in [3.63, 3.8) is 0 Å². The third-order valence-electron chi connectivity index (χ3n) is 3.19. The first-order valence-corrected chi connectivity index (χ1v) is 7.16. The zero-order valence-electron chi connectivity index (χ0n) is 11.1. The molecule has 3 amide bonds. The van der Waals surface area contributed by atoms with E-state index in [0.717, 1.165) is 20.6 Å². The molecule has 2 rings (SSSR count). The maximum Gasteiger partial charge on any atom is 0.229 e. The number of nitrogens with one attached hydrogen (secondary N) is 1. The first-order chi connectivity index (χ1) is 9.47. The molecule has 1 aliphatic rings. The van der Waals surface area contributed by atoms with Crippen LogP contribution in [0.5, 0.6) is 0 Å². The van der Waals surface area contributed by atoms with E-state index >= 15 is 0 Å². The third-order valence-corrected chi connectivity index (χ3v) is 3.68. The van der Waals surface area contributed by atoms with Crippen LogP contribution in [0, 0.1) is 6.92 Å². The minimum absolute atomic E-state index is 0.115. The van der Waals surface area contributed by atoms with Crippen LogP contribution in [0.4, 0.5) is 5.69 Å². The normalized spacial score (nSPS) is 14.8. The summed E-state index contributed by atoms with van der Waals surface area (Å²) in [5.41, 5.74) is 1.68. The highest BCUT2D eigenvalue weighted by molar-refractivity contribution is 9.10. The van der Waals surface area contributed by atoms with Crippen molar-refractivity contribution in [2.45, 2.75) is 26.2 Å². The van der Waals surface area contributed by atoms with Gasteiger partial charge in [0.15, 0.2) is 0 Å². The number of carbonyl (C=O) groups is 3. The van der Waals surface area contributed by atoms with Gasteiger partial charge in [0.25, 0.3) is 0 Å². The summed E-state index contributed by atoms with van der Waals surface area (Å²) >= 11 is 3.35. The van der Waals surface area contributed by atoms with Crippen molar-refractivity contribution in [3.8, 4) is 0 Å². The number of rotatable bonds is 4. The number of hydrogen-bond donors (Lipinski definition) is 1. The Hall–Kier alpha value is -1.69. The summed E-state index contributed by atoms with van der Waals surface area (Å²) in [7, 11) is 0. The second-order valence-corrected chi connectivity index (χ2v) is 5.61. The van der Waals surface area contributed by atoms with Crippen molar-refractivity contribution in [1.82, 2.24) is 4.90 Å². The molecule has 0 bridgehead atoms. The topological polar surface area (TPSA) is 66.5 Å². The van der Waals surface area contributed by atoms with Crippen LogP contribution in [-0.4, -0.2) is 29.2 Å². The Bertz CT molecular complexity index is 556. The van der Waals surface area contributed by atoms with Gasteiger partial charge in [-0.3, -0.25) is 19.3 Å². The second-order valence-electron chi connectivity index (χ2n) is 4.70. The van der Waals surface area contributed by atoms with Gasteiger partial charge in [0.1, 0.15) is 0 Å². The summed E-state index contributed by atoms with van der Waals surface area (Å²) in [6.07, 6.45) is 0.625. The van der Waals surface area contributed by atoms with Crippen LogP contribution >= 0.6 is 15.9 Å². The lowest BCUT2D eigenvalue weighted by atomic mass is 10.2. The molecule has 5 nitrogen and oxygen atoms in total. The number of halogens is 1. The summed E-state index contributed by atoms with van der Waals surface area (Å²) in [4.78, 5) is 35.9. The van der Waals surface area contributed by atoms with E-state index in [1.165, 1.54) is 0 Å².